The van der Waals surface area contributed by atoms with E-state index in [1.807, 2.05) is 17.1 Å². The largest absolute Gasteiger partial charge is 0.342 e. The molecule has 3 nitrogen and oxygen atoms in total. The maximum absolute atomic E-state index is 12.1. The lowest BCUT2D eigenvalue weighted by molar-refractivity contribution is -0.134. The summed E-state index contributed by atoms with van der Waals surface area (Å²) in [5.41, 5.74) is 1.14. The second-order valence-electron chi connectivity index (χ2n) is 4.98. The molecule has 1 fully saturated rings. The Morgan fingerprint density at radius 1 is 1.58 bits per heavy atom. The Labute approximate surface area is 118 Å². The summed E-state index contributed by atoms with van der Waals surface area (Å²) in [6.45, 7) is 13.2. The Hall–Kier alpha value is -1.35. The summed E-state index contributed by atoms with van der Waals surface area (Å²) in [4.78, 5) is 14.0. The van der Waals surface area contributed by atoms with Crippen LogP contribution in [0.4, 0.5) is 0 Å². The first kappa shape index (κ1) is 15.7. The Morgan fingerprint density at radius 2 is 2.37 bits per heavy atom. The van der Waals surface area contributed by atoms with Gasteiger partial charge in [-0.25, -0.2) is 0 Å². The summed E-state index contributed by atoms with van der Waals surface area (Å²) < 4.78 is 0. The van der Waals surface area contributed by atoms with Crippen molar-refractivity contribution in [3.63, 3.8) is 0 Å². The summed E-state index contributed by atoms with van der Waals surface area (Å²) in [6.07, 6.45) is 8.20. The average molecular weight is 264 g/mol. The predicted octanol–water partition coefficient (Wildman–Crippen LogP) is 2.77. The number of allylic oxidation sites excluding steroid dienone is 3. The van der Waals surface area contributed by atoms with Gasteiger partial charge in [0.05, 0.1) is 0 Å². The van der Waals surface area contributed by atoms with Crippen molar-refractivity contribution in [2.24, 2.45) is 5.92 Å². The third-order valence-electron chi connectivity index (χ3n) is 3.57. The van der Waals surface area contributed by atoms with Crippen molar-refractivity contribution in [1.82, 2.24) is 10.2 Å². The van der Waals surface area contributed by atoms with Crippen LogP contribution in [0.15, 0.2) is 37.0 Å². The molecule has 1 saturated heterocycles. The molecule has 0 aromatic heterocycles. The monoisotopic (exact) mass is 264 g/mol. The summed E-state index contributed by atoms with van der Waals surface area (Å²) in [7, 11) is 0. The van der Waals surface area contributed by atoms with Crippen LogP contribution in [0.1, 0.15) is 27.6 Å². The first-order valence-electron chi connectivity index (χ1n) is 7.13. The zero-order chi connectivity index (χ0) is 14.1. The molecule has 0 saturated carbocycles. The zero-order valence-corrected chi connectivity index (χ0v) is 12.0. The third-order valence-corrected chi connectivity index (χ3v) is 3.57. The molecule has 1 atom stereocenters. The number of carbonyl (C=O) groups excluding carboxylic acids is 1. The molecule has 1 aliphatic heterocycles. The third kappa shape index (κ3) is 5.43. The summed E-state index contributed by atoms with van der Waals surface area (Å²) >= 11 is 0. The first-order chi connectivity index (χ1) is 9.21. The highest BCUT2D eigenvalue weighted by Crippen LogP contribution is 2.18. The number of hydrogen-bond acceptors (Lipinski definition) is 2. The number of likely N-dealkylation sites (tertiary alicyclic amines) is 1. The van der Waals surface area contributed by atoms with Crippen molar-refractivity contribution in [3.8, 4) is 0 Å². The van der Waals surface area contributed by atoms with Gasteiger partial charge in [0.25, 0.3) is 0 Å². The molecule has 1 amide bonds. The summed E-state index contributed by atoms with van der Waals surface area (Å²) in [5.74, 6) is 0.794. The van der Waals surface area contributed by atoms with Gasteiger partial charge in [0, 0.05) is 20.9 Å². The Morgan fingerprint density at radius 3 is 2.95 bits per heavy atom. The number of amides is 1. The molecule has 3 heteroatoms. The summed E-state index contributed by atoms with van der Waals surface area (Å²) in [6, 6.07) is 0. The molecule has 0 spiro atoms. The van der Waals surface area contributed by atoms with Crippen LogP contribution in [0.5, 0.6) is 0 Å². The van der Waals surface area contributed by atoms with Crippen LogP contribution in [0.25, 0.3) is 0 Å². The Bertz CT molecular complexity index is 352. The van der Waals surface area contributed by atoms with E-state index >= 15 is 0 Å². The topological polar surface area (TPSA) is 32.3 Å². The fourth-order valence-corrected chi connectivity index (χ4v) is 2.37. The standard InChI is InChI=1S/C16H26N2O.H2/c1-4-7-14(5-2)8-10-18-11-9-15(12-16(18)19)13-17-6-3;/h4-5,7,15,17H,1-2,6,8-13H2,3H3;1H/b14-7+;. The van der Waals surface area contributed by atoms with Gasteiger partial charge in [0.2, 0.25) is 5.91 Å². The quantitative estimate of drug-likeness (QED) is 0.684. The second kappa shape index (κ2) is 8.70. The lowest BCUT2D eigenvalue weighted by Crippen LogP contribution is -2.41. The van der Waals surface area contributed by atoms with Gasteiger partial charge in [-0.15, -0.1) is 0 Å². The van der Waals surface area contributed by atoms with Crippen LogP contribution in [-0.2, 0) is 4.79 Å². The van der Waals surface area contributed by atoms with E-state index in [2.05, 4.69) is 25.4 Å². The lowest BCUT2D eigenvalue weighted by atomic mass is 9.95. The summed E-state index contributed by atoms with van der Waals surface area (Å²) in [5, 5.41) is 3.33. The average Bonchev–Trinajstić information content (AvgIpc) is 2.42. The molecule has 0 aliphatic carbocycles. The molecule has 108 valence electrons. The van der Waals surface area contributed by atoms with E-state index in [0.29, 0.717) is 12.3 Å². The van der Waals surface area contributed by atoms with Crippen molar-refractivity contribution in [3.05, 3.63) is 37.0 Å². The molecule has 0 bridgehead atoms. The van der Waals surface area contributed by atoms with E-state index in [-0.39, 0.29) is 7.33 Å². The minimum Gasteiger partial charge on any atom is -0.342 e. The fraction of sp³-hybridized carbons (Fsp3) is 0.562. The minimum atomic E-state index is 0. The molecule has 0 aromatic rings. The SMILES string of the molecule is C=C/C=C(\C=C)CCN1CCC(CNCC)CC1=O.[HH]. The minimum absolute atomic E-state index is 0. The van der Waals surface area contributed by atoms with Gasteiger partial charge in [-0.05, 0) is 37.4 Å². The van der Waals surface area contributed by atoms with Crippen molar-refractivity contribution >= 4 is 5.91 Å². The molecule has 0 radical (unpaired) electrons. The Balaban J connectivity index is 0.00000361. The predicted molar refractivity (Wildman–Crippen MR) is 83.1 cm³/mol. The van der Waals surface area contributed by atoms with Crippen LogP contribution in [0, 0.1) is 5.92 Å². The highest BCUT2D eigenvalue weighted by Gasteiger charge is 2.24. The first-order valence-corrected chi connectivity index (χ1v) is 7.13. The van der Waals surface area contributed by atoms with Gasteiger partial charge in [-0.3, -0.25) is 4.79 Å². The maximum atomic E-state index is 12.1. The molecule has 0 aromatic carbocycles. The van der Waals surface area contributed by atoms with Gasteiger partial charge < -0.3 is 10.2 Å². The van der Waals surface area contributed by atoms with Crippen LogP contribution < -0.4 is 5.32 Å². The highest BCUT2D eigenvalue weighted by atomic mass is 16.2. The van der Waals surface area contributed by atoms with Crippen LogP contribution >= 0.6 is 0 Å². The van der Waals surface area contributed by atoms with Gasteiger partial charge in [0.1, 0.15) is 0 Å². The fourth-order valence-electron chi connectivity index (χ4n) is 2.37. The van der Waals surface area contributed by atoms with Gasteiger partial charge in [-0.1, -0.05) is 38.3 Å². The smallest absolute Gasteiger partial charge is 0.222 e. The Kier molecular flexibility index (Phi) is 7.19. The van der Waals surface area contributed by atoms with Crippen molar-refractivity contribution < 1.29 is 6.22 Å². The van der Waals surface area contributed by atoms with E-state index in [1.54, 1.807) is 6.08 Å². The number of rotatable bonds is 8. The van der Waals surface area contributed by atoms with E-state index < -0.39 is 0 Å². The number of piperidine rings is 1. The molecular formula is C16H28N2O. The van der Waals surface area contributed by atoms with Crippen molar-refractivity contribution in [2.75, 3.05) is 26.2 Å². The van der Waals surface area contributed by atoms with E-state index in [4.69, 9.17) is 0 Å². The van der Waals surface area contributed by atoms with Gasteiger partial charge in [-0.2, -0.15) is 0 Å². The van der Waals surface area contributed by atoms with Gasteiger partial charge >= 0.3 is 0 Å². The van der Waals surface area contributed by atoms with Crippen LogP contribution in [-0.4, -0.2) is 37.0 Å². The van der Waals surface area contributed by atoms with Gasteiger partial charge in [0.15, 0.2) is 0 Å². The highest BCUT2D eigenvalue weighted by molar-refractivity contribution is 5.77. The maximum Gasteiger partial charge on any atom is 0.222 e. The van der Waals surface area contributed by atoms with E-state index in [0.717, 1.165) is 44.6 Å². The molecule has 1 N–H and O–H groups in total. The number of hydrogen-bond donors (Lipinski definition) is 1. The van der Waals surface area contributed by atoms with E-state index in [9.17, 15) is 4.79 Å². The lowest BCUT2D eigenvalue weighted by Gasteiger charge is -2.32. The van der Waals surface area contributed by atoms with Crippen LogP contribution in [0.2, 0.25) is 0 Å². The second-order valence-corrected chi connectivity index (χ2v) is 4.98. The molecular weight excluding hydrogens is 236 g/mol. The molecule has 1 heterocycles. The normalized spacial score (nSPS) is 20.5. The molecule has 1 rings (SSSR count). The van der Waals surface area contributed by atoms with E-state index in [1.165, 1.54) is 0 Å². The number of nitrogens with zero attached hydrogens (tertiary/aromatic N) is 1. The van der Waals surface area contributed by atoms with Crippen molar-refractivity contribution in [2.45, 2.75) is 26.2 Å². The molecule has 1 unspecified atom stereocenters. The van der Waals surface area contributed by atoms with Crippen LogP contribution in [0.3, 0.4) is 0 Å². The number of nitrogens with one attached hydrogen (secondary N) is 1. The number of carbonyl (C=O) groups is 1. The zero-order valence-electron chi connectivity index (χ0n) is 12.0. The van der Waals surface area contributed by atoms with Crippen molar-refractivity contribution in [1.29, 1.82) is 0 Å². The molecule has 19 heavy (non-hydrogen) atoms. The molecule has 1 aliphatic rings.